The maximum atomic E-state index is 12.4. The van der Waals surface area contributed by atoms with Crippen LogP contribution in [0.1, 0.15) is 21.6 Å². The molecule has 6 nitrogen and oxygen atoms in total. The molecule has 1 amide bonds. The Bertz CT molecular complexity index is 789. The molecular formula is C17H17N3O3. The second kappa shape index (κ2) is 6.39. The van der Waals surface area contributed by atoms with E-state index in [-0.39, 0.29) is 5.91 Å². The first-order chi connectivity index (χ1) is 11.1. The highest BCUT2D eigenvalue weighted by Gasteiger charge is 2.23. The zero-order valence-electron chi connectivity index (χ0n) is 12.7. The van der Waals surface area contributed by atoms with E-state index in [9.17, 15) is 4.79 Å². The predicted molar refractivity (Wildman–Crippen MR) is 85.8 cm³/mol. The summed E-state index contributed by atoms with van der Waals surface area (Å²) in [5, 5.41) is 6.74. The Morgan fingerprint density at radius 3 is 2.74 bits per heavy atom. The van der Waals surface area contributed by atoms with Gasteiger partial charge in [0.1, 0.15) is 5.56 Å². The standard InChI is InChI=1S/C17H17N3O3/c1-11-15(16(23-20-11)14-3-2-10-22-14)17(21)19-9-8-12-4-6-13(18)7-5-12/h2-7,10H,8-9,18H2,1H3,(H,19,21). The number of hydrogen-bond acceptors (Lipinski definition) is 5. The number of benzene rings is 1. The van der Waals surface area contributed by atoms with Crippen LogP contribution in [0.25, 0.3) is 11.5 Å². The number of nitrogens with two attached hydrogens (primary N) is 1. The molecule has 0 aliphatic rings. The normalized spacial score (nSPS) is 10.7. The molecule has 3 rings (SSSR count). The Kier molecular flexibility index (Phi) is 4.14. The summed E-state index contributed by atoms with van der Waals surface area (Å²) >= 11 is 0. The number of anilines is 1. The minimum Gasteiger partial charge on any atom is -0.461 e. The smallest absolute Gasteiger partial charge is 0.257 e. The minimum absolute atomic E-state index is 0.231. The molecule has 0 saturated carbocycles. The van der Waals surface area contributed by atoms with E-state index in [1.165, 1.54) is 6.26 Å². The van der Waals surface area contributed by atoms with Crippen molar-refractivity contribution >= 4 is 11.6 Å². The van der Waals surface area contributed by atoms with Gasteiger partial charge in [0.05, 0.1) is 12.0 Å². The number of nitrogens with zero attached hydrogens (tertiary/aromatic N) is 1. The highest BCUT2D eigenvalue weighted by Crippen LogP contribution is 2.26. The molecule has 3 aromatic rings. The van der Waals surface area contributed by atoms with Crippen LogP contribution in [0.3, 0.4) is 0 Å². The number of nitrogens with one attached hydrogen (secondary N) is 1. The molecule has 0 spiro atoms. The monoisotopic (exact) mass is 311 g/mol. The zero-order chi connectivity index (χ0) is 16.2. The van der Waals surface area contributed by atoms with Crippen molar-refractivity contribution in [2.24, 2.45) is 0 Å². The third-order valence-corrected chi connectivity index (χ3v) is 3.51. The fraction of sp³-hybridized carbons (Fsp3) is 0.176. The Morgan fingerprint density at radius 1 is 1.26 bits per heavy atom. The molecule has 6 heteroatoms. The fourth-order valence-electron chi connectivity index (χ4n) is 2.31. The Labute approximate surface area is 133 Å². The van der Waals surface area contributed by atoms with Gasteiger partial charge in [-0.25, -0.2) is 0 Å². The van der Waals surface area contributed by atoms with Gasteiger partial charge in [-0.1, -0.05) is 17.3 Å². The predicted octanol–water partition coefficient (Wildman–Crippen LogP) is 2.80. The lowest BCUT2D eigenvalue weighted by Crippen LogP contribution is -2.26. The second-order valence-electron chi connectivity index (χ2n) is 5.20. The van der Waals surface area contributed by atoms with Crippen molar-refractivity contribution in [3.63, 3.8) is 0 Å². The number of rotatable bonds is 5. The highest BCUT2D eigenvalue weighted by atomic mass is 16.5. The van der Waals surface area contributed by atoms with Crippen LogP contribution >= 0.6 is 0 Å². The van der Waals surface area contributed by atoms with Gasteiger partial charge in [0.2, 0.25) is 5.76 Å². The van der Waals surface area contributed by atoms with E-state index in [1.54, 1.807) is 19.1 Å². The number of aryl methyl sites for hydroxylation is 1. The van der Waals surface area contributed by atoms with Gasteiger partial charge in [-0.3, -0.25) is 4.79 Å². The topological polar surface area (TPSA) is 94.3 Å². The van der Waals surface area contributed by atoms with Crippen LogP contribution in [0.5, 0.6) is 0 Å². The molecule has 0 radical (unpaired) electrons. The van der Waals surface area contributed by atoms with E-state index < -0.39 is 0 Å². The first-order valence-electron chi connectivity index (χ1n) is 7.28. The first kappa shape index (κ1) is 14.9. The van der Waals surface area contributed by atoms with E-state index >= 15 is 0 Å². The lowest BCUT2D eigenvalue weighted by Gasteiger charge is -2.05. The molecule has 0 fully saturated rings. The first-order valence-corrected chi connectivity index (χ1v) is 7.28. The van der Waals surface area contributed by atoms with E-state index in [2.05, 4.69) is 10.5 Å². The van der Waals surface area contributed by atoms with Crippen LogP contribution in [-0.4, -0.2) is 17.6 Å². The summed E-state index contributed by atoms with van der Waals surface area (Å²) in [5.41, 5.74) is 8.41. The van der Waals surface area contributed by atoms with Crippen LogP contribution in [0.15, 0.2) is 51.6 Å². The van der Waals surface area contributed by atoms with Crippen LogP contribution in [-0.2, 0) is 6.42 Å². The number of carbonyl (C=O) groups excluding carboxylic acids is 1. The van der Waals surface area contributed by atoms with Gasteiger partial charge in [0.15, 0.2) is 5.76 Å². The van der Waals surface area contributed by atoms with Gasteiger partial charge >= 0.3 is 0 Å². The minimum atomic E-state index is -0.231. The van der Waals surface area contributed by atoms with E-state index in [1.807, 2.05) is 24.3 Å². The molecule has 0 aliphatic heterocycles. The summed E-state index contributed by atoms with van der Waals surface area (Å²) in [6.07, 6.45) is 2.24. The third kappa shape index (κ3) is 3.26. The van der Waals surface area contributed by atoms with Crippen LogP contribution in [0, 0.1) is 6.92 Å². The van der Waals surface area contributed by atoms with Crippen LogP contribution in [0.2, 0.25) is 0 Å². The van der Waals surface area contributed by atoms with Crippen LogP contribution in [0.4, 0.5) is 5.69 Å². The molecule has 3 N–H and O–H groups in total. The Hall–Kier alpha value is -3.02. The highest BCUT2D eigenvalue weighted by molar-refractivity contribution is 6.00. The van der Waals surface area contributed by atoms with Gasteiger partial charge in [0, 0.05) is 12.2 Å². The van der Waals surface area contributed by atoms with Gasteiger partial charge < -0.3 is 20.0 Å². The quantitative estimate of drug-likeness (QED) is 0.707. The SMILES string of the molecule is Cc1noc(-c2ccco2)c1C(=O)NCCc1ccc(N)cc1. The van der Waals surface area contributed by atoms with Crippen molar-refractivity contribution in [1.82, 2.24) is 10.5 Å². The summed E-state index contributed by atoms with van der Waals surface area (Å²) in [4.78, 5) is 12.4. The molecule has 1 aromatic carbocycles. The molecular weight excluding hydrogens is 294 g/mol. The zero-order valence-corrected chi connectivity index (χ0v) is 12.7. The van der Waals surface area contributed by atoms with Crippen molar-refractivity contribution in [2.45, 2.75) is 13.3 Å². The van der Waals surface area contributed by atoms with Crippen molar-refractivity contribution in [3.05, 3.63) is 59.5 Å². The molecule has 0 saturated heterocycles. The molecule has 2 heterocycles. The number of aromatic nitrogens is 1. The Balaban J connectivity index is 1.67. The van der Waals surface area contributed by atoms with Crippen LogP contribution < -0.4 is 11.1 Å². The molecule has 0 atom stereocenters. The molecule has 0 aliphatic carbocycles. The van der Waals surface area contributed by atoms with Crippen molar-refractivity contribution in [2.75, 3.05) is 12.3 Å². The lowest BCUT2D eigenvalue weighted by atomic mass is 10.1. The largest absolute Gasteiger partial charge is 0.461 e. The van der Waals surface area contributed by atoms with E-state index in [0.29, 0.717) is 35.7 Å². The summed E-state index contributed by atoms with van der Waals surface area (Å²) < 4.78 is 10.5. The Morgan fingerprint density at radius 2 is 2.04 bits per heavy atom. The van der Waals surface area contributed by atoms with Crippen molar-refractivity contribution < 1.29 is 13.7 Å². The number of furan rings is 1. The summed E-state index contributed by atoms with van der Waals surface area (Å²) in [5.74, 6) is 0.595. The number of amides is 1. The summed E-state index contributed by atoms with van der Waals surface area (Å²) in [6, 6.07) is 11.0. The summed E-state index contributed by atoms with van der Waals surface area (Å²) in [6.45, 7) is 2.23. The van der Waals surface area contributed by atoms with Gasteiger partial charge in [-0.05, 0) is 43.2 Å². The molecule has 0 unspecified atom stereocenters. The third-order valence-electron chi connectivity index (χ3n) is 3.51. The van der Waals surface area contributed by atoms with Gasteiger partial charge in [-0.2, -0.15) is 0 Å². The number of nitrogen functional groups attached to an aromatic ring is 1. The molecule has 118 valence electrons. The maximum Gasteiger partial charge on any atom is 0.257 e. The van der Waals surface area contributed by atoms with Gasteiger partial charge in [0.25, 0.3) is 5.91 Å². The summed E-state index contributed by atoms with van der Waals surface area (Å²) in [7, 11) is 0. The molecule has 23 heavy (non-hydrogen) atoms. The molecule has 0 bridgehead atoms. The van der Waals surface area contributed by atoms with Crippen molar-refractivity contribution in [3.8, 4) is 11.5 Å². The average Bonchev–Trinajstić information content (AvgIpc) is 3.18. The number of carbonyl (C=O) groups is 1. The average molecular weight is 311 g/mol. The van der Waals surface area contributed by atoms with E-state index in [4.69, 9.17) is 14.7 Å². The van der Waals surface area contributed by atoms with Gasteiger partial charge in [-0.15, -0.1) is 0 Å². The maximum absolute atomic E-state index is 12.4. The lowest BCUT2D eigenvalue weighted by molar-refractivity contribution is 0.0953. The fourth-order valence-corrected chi connectivity index (χ4v) is 2.31. The van der Waals surface area contributed by atoms with E-state index in [0.717, 1.165) is 11.3 Å². The number of hydrogen-bond donors (Lipinski definition) is 2. The molecule has 2 aromatic heterocycles. The second-order valence-corrected chi connectivity index (χ2v) is 5.20. The van der Waals surface area contributed by atoms with Crippen molar-refractivity contribution in [1.29, 1.82) is 0 Å².